The molecule has 4 rings (SSSR count). The van der Waals surface area contributed by atoms with Crippen molar-refractivity contribution in [2.75, 3.05) is 69.3 Å². The van der Waals surface area contributed by atoms with Gasteiger partial charge in [-0.2, -0.15) is 0 Å². The highest BCUT2D eigenvalue weighted by molar-refractivity contribution is 7.90. The van der Waals surface area contributed by atoms with E-state index in [0.717, 1.165) is 83.5 Å². The number of likely N-dealkylation sites (N-methyl/N-ethyl adjacent to an activating group) is 1. The van der Waals surface area contributed by atoms with Gasteiger partial charge in [0, 0.05) is 52.1 Å². The molecule has 1 amide bonds. The molecule has 0 bridgehead atoms. The minimum Gasteiger partial charge on any atom is -0.384 e. The van der Waals surface area contributed by atoms with E-state index in [9.17, 15) is 13.2 Å². The number of carbonyl (C=O) groups is 1. The van der Waals surface area contributed by atoms with Gasteiger partial charge in [-0.15, -0.1) is 0 Å². The molecule has 0 aliphatic carbocycles. The van der Waals surface area contributed by atoms with Crippen molar-refractivity contribution in [2.24, 2.45) is 0 Å². The Bertz CT molecular complexity index is 1120. The van der Waals surface area contributed by atoms with E-state index in [1.165, 1.54) is 11.8 Å². The SMILES string of the molecule is CN1CCN(c2cc(NCCCCc3ccccc3)c(S(C)(=O)=O)cc2C(=O)N2CCCCC2)CC1. The number of anilines is 2. The summed E-state index contributed by atoms with van der Waals surface area (Å²) in [5, 5.41) is 3.40. The molecule has 36 heavy (non-hydrogen) atoms. The summed E-state index contributed by atoms with van der Waals surface area (Å²) in [5.41, 5.74) is 3.27. The number of piperazine rings is 1. The lowest BCUT2D eigenvalue weighted by molar-refractivity contribution is 0.0724. The van der Waals surface area contributed by atoms with Crippen LogP contribution in [0.1, 0.15) is 48.0 Å². The molecule has 7 nitrogen and oxygen atoms in total. The first-order valence-electron chi connectivity index (χ1n) is 13.2. The van der Waals surface area contributed by atoms with E-state index < -0.39 is 9.84 Å². The second kappa shape index (κ2) is 12.1. The predicted molar refractivity (Wildman–Crippen MR) is 147 cm³/mol. The van der Waals surface area contributed by atoms with Crippen molar-refractivity contribution in [2.45, 2.75) is 43.4 Å². The van der Waals surface area contributed by atoms with Crippen LogP contribution in [-0.4, -0.2) is 83.2 Å². The van der Waals surface area contributed by atoms with Gasteiger partial charge in [0.25, 0.3) is 5.91 Å². The first-order valence-corrected chi connectivity index (χ1v) is 15.1. The Hall–Kier alpha value is -2.58. The zero-order chi connectivity index (χ0) is 25.5. The Kier molecular flexibility index (Phi) is 8.90. The molecule has 0 atom stereocenters. The van der Waals surface area contributed by atoms with E-state index >= 15 is 0 Å². The Morgan fingerprint density at radius 1 is 0.917 bits per heavy atom. The number of nitrogens with one attached hydrogen (secondary N) is 1. The highest BCUT2D eigenvalue weighted by Gasteiger charge is 2.28. The third-order valence-corrected chi connectivity index (χ3v) is 8.40. The zero-order valence-electron chi connectivity index (χ0n) is 21.7. The number of piperidine rings is 1. The summed E-state index contributed by atoms with van der Waals surface area (Å²) in [5.74, 6) is -0.0528. The molecule has 196 valence electrons. The standard InChI is InChI=1S/C28H40N4O3S/c1-30-17-19-31(20-18-30)26-22-25(29-14-8-7-13-23-11-5-3-6-12-23)27(36(2,34)35)21-24(26)28(33)32-15-9-4-10-16-32/h3,5-6,11-12,21-22,29H,4,7-10,13-20H2,1-2H3. The minimum absolute atomic E-state index is 0.0528. The smallest absolute Gasteiger partial charge is 0.256 e. The van der Waals surface area contributed by atoms with E-state index in [2.05, 4.69) is 46.4 Å². The quantitative estimate of drug-likeness (QED) is 0.514. The maximum Gasteiger partial charge on any atom is 0.256 e. The average molecular weight is 513 g/mol. The van der Waals surface area contributed by atoms with Crippen molar-refractivity contribution in [1.29, 1.82) is 0 Å². The lowest BCUT2D eigenvalue weighted by Gasteiger charge is -2.36. The fourth-order valence-corrected chi connectivity index (χ4v) is 5.95. The van der Waals surface area contributed by atoms with E-state index in [0.29, 0.717) is 17.8 Å². The van der Waals surface area contributed by atoms with Crippen LogP contribution in [0, 0.1) is 0 Å². The van der Waals surface area contributed by atoms with E-state index in [-0.39, 0.29) is 10.8 Å². The lowest BCUT2D eigenvalue weighted by Crippen LogP contribution is -2.45. The van der Waals surface area contributed by atoms with Crippen molar-refractivity contribution in [3.8, 4) is 0 Å². The minimum atomic E-state index is -3.52. The topological polar surface area (TPSA) is 73.0 Å². The van der Waals surface area contributed by atoms with E-state index in [4.69, 9.17) is 0 Å². The van der Waals surface area contributed by atoms with Crippen LogP contribution in [0.5, 0.6) is 0 Å². The van der Waals surface area contributed by atoms with Crippen LogP contribution in [0.15, 0.2) is 47.4 Å². The number of hydrogen-bond donors (Lipinski definition) is 1. The molecule has 2 aliphatic rings. The van der Waals surface area contributed by atoms with Crippen LogP contribution in [-0.2, 0) is 16.3 Å². The highest BCUT2D eigenvalue weighted by Crippen LogP contribution is 2.33. The number of aryl methyl sites for hydroxylation is 1. The molecule has 0 radical (unpaired) electrons. The summed E-state index contributed by atoms with van der Waals surface area (Å²) in [6.07, 6.45) is 7.30. The molecule has 8 heteroatoms. The van der Waals surface area contributed by atoms with E-state index in [1.807, 2.05) is 17.0 Å². The number of nitrogens with zero attached hydrogens (tertiary/aromatic N) is 3. The number of hydrogen-bond acceptors (Lipinski definition) is 6. The highest BCUT2D eigenvalue weighted by atomic mass is 32.2. The fraction of sp³-hybridized carbons (Fsp3) is 0.536. The van der Waals surface area contributed by atoms with Crippen LogP contribution in [0.3, 0.4) is 0 Å². The Balaban J connectivity index is 1.58. The molecule has 2 saturated heterocycles. The number of sulfone groups is 1. The molecular weight excluding hydrogens is 472 g/mol. The summed E-state index contributed by atoms with van der Waals surface area (Å²) < 4.78 is 25.6. The summed E-state index contributed by atoms with van der Waals surface area (Å²) in [7, 11) is -1.42. The average Bonchev–Trinajstić information content (AvgIpc) is 2.89. The van der Waals surface area contributed by atoms with Crippen LogP contribution < -0.4 is 10.2 Å². The molecule has 2 aliphatic heterocycles. The normalized spacial score (nSPS) is 17.3. The third kappa shape index (κ3) is 6.79. The van der Waals surface area contributed by atoms with Crippen molar-refractivity contribution in [1.82, 2.24) is 9.80 Å². The maximum absolute atomic E-state index is 13.6. The maximum atomic E-state index is 13.6. The number of rotatable bonds is 9. The van der Waals surface area contributed by atoms with Crippen molar-refractivity contribution < 1.29 is 13.2 Å². The van der Waals surface area contributed by atoms with Crippen LogP contribution in [0.4, 0.5) is 11.4 Å². The van der Waals surface area contributed by atoms with E-state index in [1.54, 1.807) is 6.07 Å². The van der Waals surface area contributed by atoms with Crippen molar-refractivity contribution >= 4 is 27.1 Å². The van der Waals surface area contributed by atoms with Gasteiger partial charge >= 0.3 is 0 Å². The van der Waals surface area contributed by atoms with Crippen LogP contribution in [0.2, 0.25) is 0 Å². The van der Waals surface area contributed by atoms with Gasteiger partial charge in [0.15, 0.2) is 9.84 Å². The molecule has 0 aromatic heterocycles. The summed E-state index contributed by atoms with van der Waals surface area (Å²) in [6, 6.07) is 13.9. The molecule has 0 unspecified atom stereocenters. The van der Waals surface area contributed by atoms with Gasteiger partial charge in [0.05, 0.1) is 21.8 Å². The molecule has 0 spiro atoms. The Labute approximate surface area is 216 Å². The molecule has 2 fully saturated rings. The largest absolute Gasteiger partial charge is 0.384 e. The van der Waals surface area contributed by atoms with Crippen LogP contribution in [0.25, 0.3) is 0 Å². The molecular formula is C28H40N4O3S. The first-order chi connectivity index (χ1) is 17.3. The van der Waals surface area contributed by atoms with Crippen molar-refractivity contribution in [3.63, 3.8) is 0 Å². The monoisotopic (exact) mass is 512 g/mol. The number of unbranched alkanes of at least 4 members (excludes halogenated alkanes) is 1. The fourth-order valence-electron chi connectivity index (χ4n) is 5.08. The van der Waals surface area contributed by atoms with Gasteiger partial charge in [-0.05, 0) is 63.3 Å². The molecule has 2 aromatic rings. The van der Waals surface area contributed by atoms with Crippen molar-refractivity contribution in [3.05, 3.63) is 53.6 Å². The number of carbonyl (C=O) groups excluding carboxylic acids is 1. The van der Waals surface area contributed by atoms with Gasteiger partial charge < -0.3 is 20.0 Å². The van der Waals surface area contributed by atoms with Gasteiger partial charge in [0.2, 0.25) is 0 Å². The lowest BCUT2D eigenvalue weighted by atomic mass is 10.1. The first kappa shape index (κ1) is 26.5. The van der Waals surface area contributed by atoms with Crippen LogP contribution >= 0.6 is 0 Å². The summed E-state index contributed by atoms with van der Waals surface area (Å²) in [6.45, 7) is 5.59. The molecule has 2 heterocycles. The number of likely N-dealkylation sites (tertiary alicyclic amines) is 1. The third-order valence-electron chi connectivity index (χ3n) is 7.27. The van der Waals surface area contributed by atoms with Gasteiger partial charge in [-0.1, -0.05) is 30.3 Å². The predicted octanol–water partition coefficient (Wildman–Crippen LogP) is 3.90. The molecule has 2 aromatic carbocycles. The number of benzene rings is 2. The number of amides is 1. The van der Waals surface area contributed by atoms with Gasteiger partial charge in [-0.25, -0.2) is 8.42 Å². The molecule has 1 N–H and O–H groups in total. The van der Waals surface area contributed by atoms with Gasteiger partial charge in [-0.3, -0.25) is 4.79 Å². The summed E-state index contributed by atoms with van der Waals surface area (Å²) in [4.78, 5) is 20.2. The second-order valence-electron chi connectivity index (χ2n) is 10.2. The zero-order valence-corrected chi connectivity index (χ0v) is 22.5. The van der Waals surface area contributed by atoms with Gasteiger partial charge in [0.1, 0.15) is 0 Å². The summed E-state index contributed by atoms with van der Waals surface area (Å²) >= 11 is 0. The molecule has 0 saturated carbocycles. The Morgan fingerprint density at radius 3 is 2.28 bits per heavy atom. The Morgan fingerprint density at radius 2 is 1.61 bits per heavy atom. The second-order valence-corrected chi connectivity index (χ2v) is 12.1.